The van der Waals surface area contributed by atoms with Crippen LogP contribution in [0.2, 0.25) is 0 Å². The lowest BCUT2D eigenvalue weighted by atomic mass is 9.92. The Hall–Kier alpha value is -4.53. The van der Waals surface area contributed by atoms with Crippen LogP contribution in [0.4, 0.5) is 0 Å². The van der Waals surface area contributed by atoms with Gasteiger partial charge >= 0.3 is 7.82 Å². The van der Waals surface area contributed by atoms with E-state index in [2.05, 4.69) is 6.58 Å². The maximum Gasteiger partial charge on any atom is 0.587 e. The van der Waals surface area contributed by atoms with Crippen LogP contribution in [0.3, 0.4) is 0 Å². The van der Waals surface area contributed by atoms with Gasteiger partial charge in [-0.05, 0) is 47.4 Å². The van der Waals surface area contributed by atoms with Crippen LogP contribution >= 0.6 is 7.82 Å². The molecule has 9 heteroatoms. The van der Waals surface area contributed by atoms with Crippen LogP contribution in [0.15, 0.2) is 164 Å². The van der Waals surface area contributed by atoms with E-state index in [4.69, 9.17) is 32.5 Å². The predicted molar refractivity (Wildman–Crippen MR) is 196 cm³/mol. The second-order valence-electron chi connectivity index (χ2n) is 12.1. The molecule has 0 amide bonds. The van der Waals surface area contributed by atoms with Crippen molar-refractivity contribution in [3.63, 3.8) is 0 Å². The maximum absolute atomic E-state index is 14.4. The molecule has 1 heterocycles. The number of phosphoric ester groups is 1. The van der Waals surface area contributed by atoms with Crippen LogP contribution in [-0.4, -0.2) is 37.1 Å². The summed E-state index contributed by atoms with van der Waals surface area (Å²) >= 11 is 0. The highest BCUT2D eigenvalue weighted by molar-refractivity contribution is 7.49. The number of benzene rings is 5. The predicted octanol–water partition coefficient (Wildman–Crippen LogP) is 9.37. The quantitative estimate of drug-likeness (QED) is 0.0659. The molecule has 1 saturated heterocycles. The van der Waals surface area contributed by atoms with Crippen LogP contribution in [0, 0.1) is 0 Å². The summed E-state index contributed by atoms with van der Waals surface area (Å²) < 4.78 is 59.2. The van der Waals surface area contributed by atoms with E-state index < -0.39 is 38.3 Å². The molecule has 0 N–H and O–H groups in total. The van der Waals surface area contributed by atoms with Crippen molar-refractivity contribution < 1.29 is 37.1 Å². The third-order valence-electron chi connectivity index (χ3n) is 8.30. The summed E-state index contributed by atoms with van der Waals surface area (Å²) in [6, 6.07) is 47.3. The van der Waals surface area contributed by atoms with Crippen molar-refractivity contribution in [2.24, 2.45) is 0 Å². The Kier molecular flexibility index (Phi) is 13.2. The fourth-order valence-corrected chi connectivity index (χ4v) is 7.06. The van der Waals surface area contributed by atoms with E-state index >= 15 is 0 Å². The first-order valence-electron chi connectivity index (χ1n) is 17.1. The molecule has 8 nitrogen and oxygen atoms in total. The molecule has 5 unspecified atom stereocenters. The molecule has 1 aliphatic rings. The van der Waals surface area contributed by atoms with Crippen molar-refractivity contribution in [3.8, 4) is 11.5 Å². The second-order valence-corrected chi connectivity index (χ2v) is 13.6. The summed E-state index contributed by atoms with van der Waals surface area (Å²) in [7, 11) is -4.25. The molecule has 5 aromatic carbocycles. The first kappa shape index (κ1) is 36.3. The molecule has 1 aliphatic heterocycles. The van der Waals surface area contributed by atoms with Gasteiger partial charge in [0.1, 0.15) is 35.9 Å². The van der Waals surface area contributed by atoms with Gasteiger partial charge in [0.15, 0.2) is 0 Å². The van der Waals surface area contributed by atoms with Gasteiger partial charge in [0.25, 0.3) is 0 Å². The third-order valence-corrected chi connectivity index (χ3v) is 9.64. The maximum atomic E-state index is 14.4. The minimum Gasteiger partial charge on any atom is -0.395 e. The number of para-hydroxylation sites is 2. The first-order chi connectivity index (χ1) is 25.1. The Labute approximate surface area is 300 Å². The van der Waals surface area contributed by atoms with Crippen molar-refractivity contribution in [2.75, 3.05) is 6.61 Å². The van der Waals surface area contributed by atoms with Crippen LogP contribution in [0.5, 0.6) is 11.5 Å². The van der Waals surface area contributed by atoms with Gasteiger partial charge in [-0.25, -0.2) is 4.57 Å². The van der Waals surface area contributed by atoms with Gasteiger partial charge in [0.2, 0.25) is 0 Å². The fraction of sp³-hybridized carbons (Fsp3) is 0.238. The summed E-state index contributed by atoms with van der Waals surface area (Å²) in [5.41, 5.74) is 2.98. The van der Waals surface area contributed by atoms with Gasteiger partial charge in [0, 0.05) is 0 Å². The van der Waals surface area contributed by atoms with Crippen LogP contribution < -0.4 is 9.05 Å². The van der Waals surface area contributed by atoms with Crippen molar-refractivity contribution in [2.45, 2.75) is 56.8 Å². The molecule has 0 saturated carbocycles. The zero-order valence-corrected chi connectivity index (χ0v) is 29.2. The Morgan fingerprint density at radius 2 is 0.902 bits per heavy atom. The average molecular weight is 707 g/mol. The monoisotopic (exact) mass is 706 g/mol. The highest BCUT2D eigenvalue weighted by atomic mass is 31.2. The third kappa shape index (κ3) is 10.7. The average Bonchev–Trinajstić information content (AvgIpc) is 3.17. The molecule has 0 bridgehead atoms. The molecule has 6 rings (SSSR count). The standard InChI is InChI=1S/C42H43O8P/c1-2-18-38-40(44-29-33-19-8-3-9-20-33)42(46-31-35-23-12-5-13-24-35)41(45-30-34-21-10-4-11-22-34)39(48-38)32-47-51(43,49-36-25-14-6-15-26-36)50-37-27-16-7-17-28-37/h2-17,19-28,38-42H,1,18,29-32H2. The molecule has 1 fully saturated rings. The summed E-state index contributed by atoms with van der Waals surface area (Å²) in [6.45, 7) is 4.73. The lowest BCUT2D eigenvalue weighted by molar-refractivity contribution is -0.268. The first-order valence-corrected chi connectivity index (χ1v) is 18.5. The van der Waals surface area contributed by atoms with Crippen molar-refractivity contribution >= 4 is 7.82 Å². The minimum absolute atomic E-state index is 0.194. The van der Waals surface area contributed by atoms with E-state index in [0.29, 0.717) is 31.1 Å². The smallest absolute Gasteiger partial charge is 0.395 e. The van der Waals surface area contributed by atoms with Gasteiger partial charge in [-0.1, -0.05) is 133 Å². The summed E-state index contributed by atoms with van der Waals surface area (Å²) in [4.78, 5) is 0. The van der Waals surface area contributed by atoms with Crippen LogP contribution in [-0.2, 0) is 47.9 Å². The highest BCUT2D eigenvalue weighted by Crippen LogP contribution is 2.50. The van der Waals surface area contributed by atoms with Gasteiger partial charge in [-0.3, -0.25) is 4.52 Å². The van der Waals surface area contributed by atoms with E-state index in [9.17, 15) is 4.57 Å². The lowest BCUT2D eigenvalue weighted by Crippen LogP contribution is -2.61. The largest absolute Gasteiger partial charge is 0.587 e. The number of hydrogen-bond acceptors (Lipinski definition) is 8. The number of phosphoric acid groups is 1. The molecular formula is C42H43O8P. The topological polar surface area (TPSA) is 81.7 Å². The molecule has 264 valence electrons. The SMILES string of the molecule is C=CCC1OC(COP(=O)(Oc2ccccc2)Oc2ccccc2)C(OCc2ccccc2)C(OCc2ccccc2)C1OCc1ccccc1. The van der Waals surface area contributed by atoms with Gasteiger partial charge < -0.3 is 28.0 Å². The van der Waals surface area contributed by atoms with Crippen molar-refractivity contribution in [1.29, 1.82) is 0 Å². The number of rotatable bonds is 18. The minimum atomic E-state index is -4.25. The zero-order chi connectivity index (χ0) is 35.1. The van der Waals surface area contributed by atoms with Crippen molar-refractivity contribution in [1.82, 2.24) is 0 Å². The van der Waals surface area contributed by atoms with E-state index in [1.54, 1.807) is 54.6 Å². The van der Waals surface area contributed by atoms with Gasteiger partial charge in [-0.15, -0.1) is 6.58 Å². The number of ether oxygens (including phenoxy) is 4. The molecular weight excluding hydrogens is 663 g/mol. The molecule has 0 radical (unpaired) electrons. The Morgan fingerprint density at radius 1 is 0.529 bits per heavy atom. The summed E-state index contributed by atoms with van der Waals surface area (Å²) in [5, 5.41) is 0. The molecule has 5 atom stereocenters. The molecule has 0 aromatic heterocycles. The molecule has 5 aromatic rings. The lowest BCUT2D eigenvalue weighted by Gasteiger charge is -2.46. The van der Waals surface area contributed by atoms with E-state index in [1.807, 2.05) is 103 Å². The Bertz CT molecular complexity index is 1730. The van der Waals surface area contributed by atoms with E-state index in [-0.39, 0.29) is 13.2 Å². The van der Waals surface area contributed by atoms with Gasteiger partial charge in [-0.2, -0.15) is 0 Å². The normalized spacial score (nSPS) is 20.4. The Morgan fingerprint density at radius 3 is 1.31 bits per heavy atom. The molecule has 0 spiro atoms. The van der Waals surface area contributed by atoms with Crippen LogP contribution in [0.25, 0.3) is 0 Å². The molecule has 51 heavy (non-hydrogen) atoms. The van der Waals surface area contributed by atoms with Gasteiger partial charge in [0.05, 0.1) is 32.5 Å². The fourth-order valence-electron chi connectivity index (χ4n) is 5.83. The summed E-state index contributed by atoms with van der Waals surface area (Å²) in [5.74, 6) is 0.669. The van der Waals surface area contributed by atoms with E-state index in [0.717, 1.165) is 16.7 Å². The molecule has 0 aliphatic carbocycles. The Balaban J connectivity index is 1.31. The van der Waals surface area contributed by atoms with Crippen LogP contribution in [0.1, 0.15) is 23.1 Å². The van der Waals surface area contributed by atoms with E-state index in [1.165, 1.54) is 0 Å². The summed E-state index contributed by atoms with van der Waals surface area (Å²) in [6.07, 6.45) is -0.859. The highest BCUT2D eigenvalue weighted by Gasteiger charge is 2.49. The second kappa shape index (κ2) is 18.6. The zero-order valence-electron chi connectivity index (χ0n) is 28.4. The number of hydrogen-bond donors (Lipinski definition) is 0. The van der Waals surface area contributed by atoms with Crippen molar-refractivity contribution in [3.05, 3.63) is 181 Å².